The van der Waals surface area contributed by atoms with Crippen molar-refractivity contribution in [1.82, 2.24) is 0 Å². The number of nitriles is 1. The minimum atomic E-state index is -0.796. The van der Waals surface area contributed by atoms with Gasteiger partial charge in [0, 0.05) is 17.9 Å². The molecule has 0 fully saturated rings. The van der Waals surface area contributed by atoms with Gasteiger partial charge in [-0.1, -0.05) is 53.5 Å². The zero-order valence-electron chi connectivity index (χ0n) is 13.3. The van der Waals surface area contributed by atoms with E-state index in [2.05, 4.69) is 5.32 Å². The van der Waals surface area contributed by atoms with Crippen LogP contribution in [0.5, 0.6) is 0 Å². The second-order valence-electron chi connectivity index (χ2n) is 5.47. The van der Waals surface area contributed by atoms with Gasteiger partial charge in [0.1, 0.15) is 5.92 Å². The van der Waals surface area contributed by atoms with Crippen molar-refractivity contribution in [2.24, 2.45) is 0 Å². The lowest BCUT2D eigenvalue weighted by atomic mass is 9.93. The summed E-state index contributed by atoms with van der Waals surface area (Å²) in [5.74, 6) is -1.23. The Morgan fingerprint density at radius 3 is 2.44 bits per heavy atom. The van der Waals surface area contributed by atoms with Crippen LogP contribution < -0.4 is 5.32 Å². The van der Waals surface area contributed by atoms with Gasteiger partial charge in [-0.15, -0.1) is 0 Å². The molecule has 0 bridgehead atoms. The number of ketones is 1. The van der Waals surface area contributed by atoms with E-state index in [-0.39, 0.29) is 24.5 Å². The number of hydrogen-bond acceptors (Lipinski definition) is 3. The van der Waals surface area contributed by atoms with E-state index in [4.69, 9.17) is 23.2 Å². The number of Topliss-reactive ketones (excluding diaryl/α,β-unsaturated/α-hetero) is 1. The molecule has 0 radical (unpaired) electrons. The first-order valence-electron chi connectivity index (χ1n) is 7.73. The summed E-state index contributed by atoms with van der Waals surface area (Å²) < 4.78 is 0. The number of amides is 1. The lowest BCUT2D eigenvalue weighted by molar-refractivity contribution is -0.119. The standard InChI is InChI=1S/C19H16Cl2N2O2/c20-14-9-10-17(16(21)11-14)23-19(25)8-4-7-18(24)15(12-22)13-5-2-1-3-6-13/h1-3,5-6,9-11,15H,4,7-8H2,(H,23,25)/t15-/m1/s1. The normalized spacial score (nSPS) is 11.4. The molecule has 0 heterocycles. The van der Waals surface area contributed by atoms with Crippen molar-refractivity contribution < 1.29 is 9.59 Å². The van der Waals surface area contributed by atoms with E-state index in [1.807, 2.05) is 12.1 Å². The molecule has 6 heteroatoms. The van der Waals surface area contributed by atoms with Gasteiger partial charge in [0.2, 0.25) is 5.91 Å². The zero-order chi connectivity index (χ0) is 18.2. The highest BCUT2D eigenvalue weighted by atomic mass is 35.5. The minimum Gasteiger partial charge on any atom is -0.325 e. The molecular formula is C19H16Cl2N2O2. The molecule has 4 nitrogen and oxygen atoms in total. The average molecular weight is 375 g/mol. The predicted octanol–water partition coefficient (Wildman–Crippen LogP) is 4.98. The summed E-state index contributed by atoms with van der Waals surface area (Å²) in [6.45, 7) is 0. The van der Waals surface area contributed by atoms with Crippen LogP contribution >= 0.6 is 23.2 Å². The van der Waals surface area contributed by atoms with Crippen molar-refractivity contribution in [3.63, 3.8) is 0 Å². The van der Waals surface area contributed by atoms with Crippen molar-refractivity contribution in [2.45, 2.75) is 25.2 Å². The number of carbonyl (C=O) groups excluding carboxylic acids is 2. The Labute approximate surface area is 156 Å². The number of nitrogens with one attached hydrogen (secondary N) is 1. The summed E-state index contributed by atoms with van der Waals surface area (Å²) in [7, 11) is 0. The van der Waals surface area contributed by atoms with Gasteiger partial charge in [-0.3, -0.25) is 9.59 Å². The highest BCUT2D eigenvalue weighted by Gasteiger charge is 2.19. The number of anilines is 1. The molecule has 0 aliphatic heterocycles. The third kappa shape index (κ3) is 5.60. The molecule has 128 valence electrons. The SMILES string of the molecule is N#C[C@@H](C(=O)CCCC(=O)Nc1ccc(Cl)cc1Cl)c1ccccc1. The van der Waals surface area contributed by atoms with E-state index >= 15 is 0 Å². The van der Waals surface area contributed by atoms with Gasteiger partial charge in [0.25, 0.3) is 0 Å². The van der Waals surface area contributed by atoms with Crippen LogP contribution in [0, 0.1) is 11.3 Å². The lowest BCUT2D eigenvalue weighted by Gasteiger charge is -2.09. The monoisotopic (exact) mass is 374 g/mol. The van der Waals surface area contributed by atoms with E-state index < -0.39 is 5.92 Å². The summed E-state index contributed by atoms with van der Waals surface area (Å²) in [5.41, 5.74) is 1.15. The van der Waals surface area contributed by atoms with Gasteiger partial charge in [-0.2, -0.15) is 5.26 Å². The van der Waals surface area contributed by atoms with Gasteiger partial charge >= 0.3 is 0 Å². The number of nitrogens with zero attached hydrogens (tertiary/aromatic N) is 1. The van der Waals surface area contributed by atoms with Gasteiger partial charge in [-0.05, 0) is 30.2 Å². The largest absolute Gasteiger partial charge is 0.325 e. The molecule has 2 rings (SSSR count). The minimum absolute atomic E-state index is 0.162. The molecule has 25 heavy (non-hydrogen) atoms. The highest BCUT2D eigenvalue weighted by Crippen LogP contribution is 2.25. The van der Waals surface area contributed by atoms with Crippen LogP contribution in [0.1, 0.15) is 30.7 Å². The number of carbonyl (C=O) groups is 2. The molecule has 0 spiro atoms. The van der Waals surface area contributed by atoms with Crippen LogP contribution in [0.3, 0.4) is 0 Å². The third-order valence-electron chi connectivity index (χ3n) is 3.62. The smallest absolute Gasteiger partial charge is 0.224 e. The average Bonchev–Trinajstić information content (AvgIpc) is 2.59. The van der Waals surface area contributed by atoms with Crippen LogP contribution in [0.25, 0.3) is 0 Å². The second-order valence-corrected chi connectivity index (χ2v) is 6.31. The van der Waals surface area contributed by atoms with Crippen molar-refractivity contribution in [2.75, 3.05) is 5.32 Å². The molecule has 0 aliphatic carbocycles. The van der Waals surface area contributed by atoms with E-state index in [1.54, 1.807) is 42.5 Å². The Hall–Kier alpha value is -2.35. The fourth-order valence-corrected chi connectivity index (χ4v) is 2.80. The van der Waals surface area contributed by atoms with Crippen LogP contribution in [-0.4, -0.2) is 11.7 Å². The summed E-state index contributed by atoms with van der Waals surface area (Å²) in [6.07, 6.45) is 0.688. The van der Waals surface area contributed by atoms with Gasteiger partial charge in [0.05, 0.1) is 16.8 Å². The van der Waals surface area contributed by atoms with Crippen LogP contribution in [0.2, 0.25) is 10.0 Å². The number of benzene rings is 2. The molecule has 0 aromatic heterocycles. The number of hydrogen-bond donors (Lipinski definition) is 1. The molecule has 0 saturated carbocycles. The Morgan fingerprint density at radius 2 is 1.80 bits per heavy atom. The molecule has 1 atom stereocenters. The summed E-state index contributed by atoms with van der Waals surface area (Å²) >= 11 is 11.8. The Bertz CT molecular complexity index is 801. The predicted molar refractivity (Wildman–Crippen MR) is 98.7 cm³/mol. The number of rotatable bonds is 7. The van der Waals surface area contributed by atoms with Gasteiger partial charge in [-0.25, -0.2) is 0 Å². The van der Waals surface area contributed by atoms with Crippen molar-refractivity contribution in [1.29, 1.82) is 5.26 Å². The third-order valence-corrected chi connectivity index (χ3v) is 4.16. The fourth-order valence-electron chi connectivity index (χ4n) is 2.35. The zero-order valence-corrected chi connectivity index (χ0v) is 14.8. The summed E-state index contributed by atoms with van der Waals surface area (Å²) in [4.78, 5) is 24.2. The maximum Gasteiger partial charge on any atom is 0.224 e. The van der Waals surface area contributed by atoms with Gasteiger partial charge in [0.15, 0.2) is 5.78 Å². The highest BCUT2D eigenvalue weighted by molar-refractivity contribution is 6.36. The molecule has 2 aromatic carbocycles. The van der Waals surface area contributed by atoms with E-state index in [0.29, 0.717) is 27.7 Å². The molecule has 0 saturated heterocycles. The van der Waals surface area contributed by atoms with Gasteiger partial charge < -0.3 is 5.32 Å². The molecule has 2 aromatic rings. The first-order chi connectivity index (χ1) is 12.0. The molecule has 1 N–H and O–H groups in total. The van der Waals surface area contributed by atoms with Crippen LogP contribution in [-0.2, 0) is 9.59 Å². The maximum atomic E-state index is 12.2. The number of halogens is 2. The molecule has 0 aliphatic rings. The van der Waals surface area contributed by atoms with Crippen LogP contribution in [0.15, 0.2) is 48.5 Å². The topological polar surface area (TPSA) is 70.0 Å². The Balaban J connectivity index is 1.84. The first-order valence-corrected chi connectivity index (χ1v) is 8.49. The van der Waals surface area contributed by atoms with Crippen molar-refractivity contribution in [3.05, 3.63) is 64.1 Å². The summed E-state index contributed by atoms with van der Waals surface area (Å²) in [5, 5.41) is 12.7. The van der Waals surface area contributed by atoms with Crippen molar-refractivity contribution >= 4 is 40.6 Å². The van der Waals surface area contributed by atoms with Crippen molar-refractivity contribution in [3.8, 4) is 6.07 Å². The second kappa shape index (κ2) is 9.22. The van der Waals surface area contributed by atoms with E-state index in [1.165, 1.54) is 0 Å². The van der Waals surface area contributed by atoms with E-state index in [0.717, 1.165) is 0 Å². The summed E-state index contributed by atoms with van der Waals surface area (Å²) in [6, 6.07) is 15.7. The Morgan fingerprint density at radius 1 is 1.08 bits per heavy atom. The quantitative estimate of drug-likeness (QED) is 0.742. The lowest BCUT2D eigenvalue weighted by Crippen LogP contribution is -2.14. The molecule has 1 amide bonds. The Kier molecular flexibility index (Phi) is 7.00. The van der Waals surface area contributed by atoms with Crippen LogP contribution in [0.4, 0.5) is 5.69 Å². The first kappa shape index (κ1) is 19.0. The van der Waals surface area contributed by atoms with E-state index in [9.17, 15) is 14.9 Å². The maximum absolute atomic E-state index is 12.2. The fraction of sp³-hybridized carbons (Fsp3) is 0.211. The molecule has 0 unspecified atom stereocenters. The molecular weight excluding hydrogens is 359 g/mol.